The van der Waals surface area contributed by atoms with Gasteiger partial charge in [-0.2, -0.15) is 0 Å². The molecule has 0 spiro atoms. The fourth-order valence-electron chi connectivity index (χ4n) is 0.993. The van der Waals surface area contributed by atoms with Crippen LogP contribution in [0.25, 0.3) is 0 Å². The molecular formula is C9H11NO2S. The maximum Gasteiger partial charge on any atom is 0.0992 e. The standard InChI is InChI=1S/C9H11NO2S/c1-13(12)7-9(10-11)8-5-3-2-4-6-8/h2-6,11H,7H2,1H3/b10-9+. The molecule has 1 unspecified atom stereocenters. The van der Waals surface area contributed by atoms with Gasteiger partial charge in [0.05, 0.1) is 11.5 Å². The molecule has 0 radical (unpaired) electrons. The van der Waals surface area contributed by atoms with Crippen molar-refractivity contribution in [2.24, 2.45) is 5.16 Å². The molecule has 0 bridgehead atoms. The van der Waals surface area contributed by atoms with Gasteiger partial charge in [-0.3, -0.25) is 4.21 Å². The molecular weight excluding hydrogens is 186 g/mol. The first-order valence-corrected chi connectivity index (χ1v) is 5.53. The van der Waals surface area contributed by atoms with Gasteiger partial charge >= 0.3 is 0 Å². The molecule has 0 heterocycles. The maximum atomic E-state index is 10.9. The summed E-state index contributed by atoms with van der Waals surface area (Å²) in [6.07, 6.45) is 1.58. The molecule has 0 fully saturated rings. The molecule has 0 saturated carbocycles. The lowest BCUT2D eigenvalue weighted by Gasteiger charge is -2.01. The molecule has 1 N–H and O–H groups in total. The van der Waals surface area contributed by atoms with Gasteiger partial charge in [0.25, 0.3) is 0 Å². The summed E-state index contributed by atoms with van der Waals surface area (Å²) in [6, 6.07) is 9.21. The van der Waals surface area contributed by atoms with Crippen LogP contribution in [0.3, 0.4) is 0 Å². The molecule has 0 aliphatic carbocycles. The van der Waals surface area contributed by atoms with E-state index in [9.17, 15) is 4.21 Å². The smallest absolute Gasteiger partial charge is 0.0992 e. The van der Waals surface area contributed by atoms with Crippen molar-refractivity contribution in [3.8, 4) is 0 Å². The van der Waals surface area contributed by atoms with Crippen LogP contribution in [-0.2, 0) is 10.8 Å². The summed E-state index contributed by atoms with van der Waals surface area (Å²) in [7, 11) is -0.987. The van der Waals surface area contributed by atoms with Gasteiger partial charge in [-0.05, 0) is 0 Å². The first kappa shape index (κ1) is 9.92. The Morgan fingerprint density at radius 2 is 2.08 bits per heavy atom. The van der Waals surface area contributed by atoms with E-state index in [0.29, 0.717) is 5.71 Å². The topological polar surface area (TPSA) is 49.7 Å². The molecule has 1 aromatic carbocycles. The van der Waals surface area contributed by atoms with E-state index in [-0.39, 0.29) is 5.75 Å². The Morgan fingerprint density at radius 1 is 1.46 bits per heavy atom. The van der Waals surface area contributed by atoms with Crippen LogP contribution < -0.4 is 0 Å². The Hall–Kier alpha value is -1.16. The molecule has 0 amide bonds. The third-order valence-electron chi connectivity index (χ3n) is 1.57. The number of oxime groups is 1. The molecule has 13 heavy (non-hydrogen) atoms. The third kappa shape index (κ3) is 2.99. The van der Waals surface area contributed by atoms with Gasteiger partial charge in [0.1, 0.15) is 0 Å². The van der Waals surface area contributed by atoms with Crippen molar-refractivity contribution in [3.05, 3.63) is 35.9 Å². The van der Waals surface area contributed by atoms with Crippen molar-refractivity contribution in [2.75, 3.05) is 12.0 Å². The SMILES string of the molecule is CS(=O)C/C(=N\O)c1ccccc1. The second kappa shape index (κ2) is 4.77. The quantitative estimate of drug-likeness (QED) is 0.450. The zero-order chi connectivity index (χ0) is 9.68. The number of nitrogens with zero attached hydrogens (tertiary/aromatic N) is 1. The van der Waals surface area contributed by atoms with E-state index in [4.69, 9.17) is 5.21 Å². The summed E-state index contributed by atoms with van der Waals surface area (Å²) >= 11 is 0. The lowest BCUT2D eigenvalue weighted by atomic mass is 10.1. The number of hydrogen-bond acceptors (Lipinski definition) is 3. The van der Waals surface area contributed by atoms with E-state index < -0.39 is 10.8 Å². The number of hydrogen-bond donors (Lipinski definition) is 1. The summed E-state index contributed by atoms with van der Waals surface area (Å²) < 4.78 is 10.9. The van der Waals surface area contributed by atoms with Crippen molar-refractivity contribution in [2.45, 2.75) is 0 Å². The van der Waals surface area contributed by atoms with E-state index in [1.54, 1.807) is 6.26 Å². The van der Waals surface area contributed by atoms with Crippen molar-refractivity contribution < 1.29 is 9.42 Å². The van der Waals surface area contributed by atoms with Crippen molar-refractivity contribution in [1.29, 1.82) is 0 Å². The first-order chi connectivity index (χ1) is 6.24. The fourth-order valence-corrected chi connectivity index (χ4v) is 1.60. The van der Waals surface area contributed by atoms with Gasteiger partial charge in [-0.1, -0.05) is 35.5 Å². The summed E-state index contributed by atoms with van der Waals surface area (Å²) in [5, 5.41) is 11.8. The third-order valence-corrected chi connectivity index (χ3v) is 2.25. The van der Waals surface area contributed by atoms with Gasteiger partial charge in [-0.15, -0.1) is 0 Å². The van der Waals surface area contributed by atoms with E-state index in [0.717, 1.165) is 5.56 Å². The summed E-state index contributed by atoms with van der Waals surface area (Å²) in [5.74, 6) is 0.278. The Balaban J connectivity index is 2.86. The monoisotopic (exact) mass is 197 g/mol. The van der Waals surface area contributed by atoms with Gasteiger partial charge in [0.2, 0.25) is 0 Å². The molecule has 70 valence electrons. The van der Waals surface area contributed by atoms with Gasteiger partial charge in [0.15, 0.2) is 0 Å². The average Bonchev–Trinajstić information content (AvgIpc) is 2.15. The van der Waals surface area contributed by atoms with Crippen LogP contribution in [-0.4, -0.2) is 27.1 Å². The lowest BCUT2D eigenvalue weighted by Crippen LogP contribution is -2.10. The summed E-state index contributed by atoms with van der Waals surface area (Å²) in [4.78, 5) is 0. The Morgan fingerprint density at radius 3 is 2.54 bits per heavy atom. The first-order valence-electron chi connectivity index (χ1n) is 3.80. The van der Waals surface area contributed by atoms with Gasteiger partial charge in [0, 0.05) is 22.6 Å². The second-order valence-corrected chi connectivity index (χ2v) is 4.07. The highest BCUT2D eigenvalue weighted by Gasteiger charge is 2.04. The molecule has 0 saturated heterocycles. The van der Waals surface area contributed by atoms with Crippen LogP contribution in [0.1, 0.15) is 5.56 Å². The second-order valence-electron chi connectivity index (χ2n) is 2.63. The largest absolute Gasteiger partial charge is 0.411 e. The number of rotatable bonds is 3. The Kier molecular flexibility index (Phi) is 3.64. The lowest BCUT2D eigenvalue weighted by molar-refractivity contribution is 0.319. The van der Waals surface area contributed by atoms with Crippen LogP contribution in [0.2, 0.25) is 0 Å². The summed E-state index contributed by atoms with van der Waals surface area (Å²) in [5.41, 5.74) is 1.27. The van der Waals surface area contributed by atoms with Crippen LogP contribution in [0.4, 0.5) is 0 Å². The minimum absolute atomic E-state index is 0.278. The molecule has 0 aromatic heterocycles. The minimum atomic E-state index is -0.987. The van der Waals surface area contributed by atoms with Crippen LogP contribution >= 0.6 is 0 Å². The molecule has 4 heteroatoms. The van der Waals surface area contributed by atoms with Crippen molar-refractivity contribution >= 4 is 16.5 Å². The Labute approximate surface area is 79.5 Å². The molecule has 3 nitrogen and oxygen atoms in total. The zero-order valence-corrected chi connectivity index (χ0v) is 8.12. The molecule has 1 atom stereocenters. The fraction of sp³-hybridized carbons (Fsp3) is 0.222. The van der Waals surface area contributed by atoms with Crippen LogP contribution in [0.5, 0.6) is 0 Å². The molecule has 0 aliphatic heterocycles. The highest BCUT2D eigenvalue weighted by atomic mass is 32.2. The van der Waals surface area contributed by atoms with Gasteiger partial charge < -0.3 is 5.21 Å². The highest BCUT2D eigenvalue weighted by Crippen LogP contribution is 2.01. The minimum Gasteiger partial charge on any atom is -0.411 e. The maximum absolute atomic E-state index is 10.9. The van der Waals surface area contributed by atoms with Crippen molar-refractivity contribution in [1.82, 2.24) is 0 Å². The molecule has 0 aliphatic rings. The van der Waals surface area contributed by atoms with E-state index in [1.807, 2.05) is 30.3 Å². The van der Waals surface area contributed by atoms with E-state index in [1.165, 1.54) is 0 Å². The van der Waals surface area contributed by atoms with E-state index >= 15 is 0 Å². The molecule has 1 rings (SSSR count). The van der Waals surface area contributed by atoms with Crippen LogP contribution in [0, 0.1) is 0 Å². The average molecular weight is 197 g/mol. The van der Waals surface area contributed by atoms with Crippen molar-refractivity contribution in [3.63, 3.8) is 0 Å². The Bertz CT molecular complexity index is 322. The normalized spacial score (nSPS) is 14.1. The summed E-state index contributed by atoms with van der Waals surface area (Å²) in [6.45, 7) is 0. The zero-order valence-electron chi connectivity index (χ0n) is 7.30. The van der Waals surface area contributed by atoms with E-state index in [2.05, 4.69) is 5.16 Å². The molecule has 1 aromatic rings. The predicted molar refractivity (Wildman–Crippen MR) is 53.7 cm³/mol. The predicted octanol–water partition coefficient (Wildman–Crippen LogP) is 1.24. The number of benzene rings is 1. The van der Waals surface area contributed by atoms with Crippen LogP contribution in [0.15, 0.2) is 35.5 Å². The highest BCUT2D eigenvalue weighted by molar-refractivity contribution is 7.85. The van der Waals surface area contributed by atoms with Gasteiger partial charge in [-0.25, -0.2) is 0 Å².